The number of benzene rings is 8. The molecule has 0 saturated heterocycles. The molecule has 0 bridgehead atoms. The van der Waals surface area contributed by atoms with Crippen molar-refractivity contribution < 1.29 is 0 Å². The molecular formula is C50H29N5. The van der Waals surface area contributed by atoms with Gasteiger partial charge in [-0.05, 0) is 95.4 Å². The van der Waals surface area contributed by atoms with Gasteiger partial charge in [-0.3, -0.25) is 0 Å². The molecule has 0 atom stereocenters. The molecule has 55 heavy (non-hydrogen) atoms. The maximum Gasteiger partial charge on any atom is 0.188 e. The number of nitrogens with zero attached hydrogens (tertiary/aromatic N) is 5. The van der Waals surface area contributed by atoms with Crippen molar-refractivity contribution >= 4 is 71.1 Å². The summed E-state index contributed by atoms with van der Waals surface area (Å²) in [5, 5.41) is 17.4. The van der Waals surface area contributed by atoms with E-state index in [9.17, 15) is 5.26 Å². The van der Waals surface area contributed by atoms with E-state index in [-0.39, 0.29) is 0 Å². The van der Waals surface area contributed by atoms with Crippen LogP contribution >= 0.6 is 0 Å². The van der Waals surface area contributed by atoms with Crippen molar-refractivity contribution in [1.82, 2.24) is 13.7 Å². The summed E-state index contributed by atoms with van der Waals surface area (Å²) >= 11 is 0. The Labute approximate surface area is 316 Å². The first kappa shape index (κ1) is 30.7. The van der Waals surface area contributed by atoms with E-state index >= 15 is 0 Å². The number of hydrogen-bond donors (Lipinski definition) is 0. The normalized spacial score (nSPS) is 11.6. The highest BCUT2D eigenvalue weighted by Crippen LogP contribution is 2.39. The highest BCUT2D eigenvalue weighted by molar-refractivity contribution is 6.13. The van der Waals surface area contributed by atoms with Gasteiger partial charge in [0, 0.05) is 38.3 Å². The van der Waals surface area contributed by atoms with Gasteiger partial charge in [0.2, 0.25) is 0 Å². The molecule has 3 aromatic heterocycles. The fourth-order valence-electron chi connectivity index (χ4n) is 8.68. The van der Waals surface area contributed by atoms with E-state index in [2.05, 4.69) is 164 Å². The summed E-state index contributed by atoms with van der Waals surface area (Å²) in [5.41, 5.74) is 12.8. The molecule has 0 saturated carbocycles. The molecule has 0 fully saturated rings. The Morgan fingerprint density at radius 1 is 0.400 bits per heavy atom. The molecule has 0 amide bonds. The zero-order chi connectivity index (χ0) is 36.6. The van der Waals surface area contributed by atoms with Crippen LogP contribution in [0.1, 0.15) is 5.56 Å². The maximum absolute atomic E-state index is 10.5. The summed E-state index contributed by atoms with van der Waals surface area (Å²) < 4.78 is 6.87. The van der Waals surface area contributed by atoms with Crippen molar-refractivity contribution in [3.63, 3.8) is 0 Å². The van der Waals surface area contributed by atoms with E-state index in [0.29, 0.717) is 11.3 Å². The Kier molecular flexibility index (Phi) is 6.61. The SMILES string of the molecule is [C-]#[N+]c1ccc2c(c1)c1ccccc1n2-c1cccc(-c2ccc(C#N)c(-n3c4ccccc4c4cc(-n5c6ccccc6c6ccccc65)ccc43)c2)c1. The van der Waals surface area contributed by atoms with E-state index in [0.717, 1.165) is 71.8 Å². The predicted molar refractivity (Wildman–Crippen MR) is 226 cm³/mol. The largest absolute Gasteiger partial charge is 0.309 e. The number of hydrogen-bond acceptors (Lipinski definition) is 1. The van der Waals surface area contributed by atoms with Crippen LogP contribution in [0.25, 0.3) is 98.5 Å². The summed E-state index contributed by atoms with van der Waals surface area (Å²) in [4.78, 5) is 3.70. The van der Waals surface area contributed by atoms with Crippen molar-refractivity contribution in [3.8, 4) is 34.3 Å². The number of para-hydroxylation sites is 4. The summed E-state index contributed by atoms with van der Waals surface area (Å²) in [6.07, 6.45) is 0. The van der Waals surface area contributed by atoms with E-state index in [1.54, 1.807) is 0 Å². The average Bonchev–Trinajstić information content (AvgIpc) is 3.88. The molecule has 5 heteroatoms. The smallest absolute Gasteiger partial charge is 0.188 e. The highest BCUT2D eigenvalue weighted by atomic mass is 15.0. The summed E-state index contributed by atoms with van der Waals surface area (Å²) in [6.45, 7) is 7.60. The first-order valence-electron chi connectivity index (χ1n) is 18.3. The van der Waals surface area contributed by atoms with E-state index in [1.807, 2.05) is 36.4 Å². The third-order valence-corrected chi connectivity index (χ3v) is 11.1. The van der Waals surface area contributed by atoms with Crippen LogP contribution in [0.2, 0.25) is 0 Å². The van der Waals surface area contributed by atoms with Crippen LogP contribution < -0.4 is 0 Å². The zero-order valence-corrected chi connectivity index (χ0v) is 29.5. The molecule has 0 aliphatic rings. The molecule has 0 unspecified atom stereocenters. The van der Waals surface area contributed by atoms with Crippen molar-refractivity contribution in [2.45, 2.75) is 0 Å². The molecule has 0 aliphatic heterocycles. The number of fused-ring (bicyclic) bond motifs is 9. The van der Waals surface area contributed by atoms with Gasteiger partial charge in [-0.15, -0.1) is 0 Å². The lowest BCUT2D eigenvalue weighted by atomic mass is 10.0. The van der Waals surface area contributed by atoms with Crippen LogP contribution in [-0.4, -0.2) is 13.7 Å². The first-order chi connectivity index (χ1) is 27.2. The van der Waals surface area contributed by atoms with Crippen LogP contribution in [-0.2, 0) is 0 Å². The Morgan fingerprint density at radius 2 is 0.891 bits per heavy atom. The minimum absolute atomic E-state index is 0.604. The molecule has 254 valence electrons. The molecule has 0 aliphatic carbocycles. The molecule has 0 spiro atoms. The van der Waals surface area contributed by atoms with Crippen LogP contribution in [0.3, 0.4) is 0 Å². The molecule has 8 aromatic carbocycles. The van der Waals surface area contributed by atoms with Gasteiger partial charge < -0.3 is 13.7 Å². The van der Waals surface area contributed by atoms with Crippen LogP contribution in [0.4, 0.5) is 5.69 Å². The third kappa shape index (κ3) is 4.51. The Balaban J connectivity index is 1.10. The summed E-state index contributed by atoms with van der Waals surface area (Å²) in [5.74, 6) is 0. The molecule has 11 rings (SSSR count). The Morgan fingerprint density at radius 3 is 1.51 bits per heavy atom. The predicted octanol–water partition coefficient (Wildman–Crippen LogP) is 13.1. The van der Waals surface area contributed by atoms with Crippen LogP contribution in [0.5, 0.6) is 0 Å². The molecule has 11 aromatic rings. The monoisotopic (exact) mass is 699 g/mol. The number of nitriles is 1. The van der Waals surface area contributed by atoms with Crippen molar-refractivity contribution in [2.24, 2.45) is 0 Å². The van der Waals surface area contributed by atoms with Crippen molar-refractivity contribution in [1.29, 1.82) is 5.26 Å². The van der Waals surface area contributed by atoms with Gasteiger partial charge in [-0.2, -0.15) is 5.26 Å². The van der Waals surface area contributed by atoms with Gasteiger partial charge in [0.1, 0.15) is 6.07 Å². The molecule has 0 N–H and O–H groups in total. The summed E-state index contributed by atoms with van der Waals surface area (Å²) in [7, 11) is 0. The molecule has 0 radical (unpaired) electrons. The van der Waals surface area contributed by atoms with E-state index < -0.39 is 0 Å². The lowest BCUT2D eigenvalue weighted by Crippen LogP contribution is -1.99. The van der Waals surface area contributed by atoms with Crippen LogP contribution in [0, 0.1) is 17.9 Å². The lowest BCUT2D eigenvalue weighted by molar-refractivity contribution is 1.16. The van der Waals surface area contributed by atoms with Gasteiger partial charge >= 0.3 is 0 Å². The highest BCUT2D eigenvalue weighted by Gasteiger charge is 2.19. The third-order valence-electron chi connectivity index (χ3n) is 11.1. The topological polar surface area (TPSA) is 42.9 Å². The fourth-order valence-corrected chi connectivity index (χ4v) is 8.68. The Hall–Kier alpha value is -7.86. The number of aromatic nitrogens is 3. The zero-order valence-electron chi connectivity index (χ0n) is 29.5. The number of rotatable bonds is 4. The quantitative estimate of drug-likeness (QED) is 0.169. The average molecular weight is 700 g/mol. The second-order valence-corrected chi connectivity index (χ2v) is 14.0. The lowest BCUT2D eigenvalue weighted by Gasteiger charge is -2.14. The summed E-state index contributed by atoms with van der Waals surface area (Å²) in [6, 6.07) is 63.8. The van der Waals surface area contributed by atoms with Gasteiger partial charge in [0.05, 0.1) is 50.9 Å². The second-order valence-electron chi connectivity index (χ2n) is 14.0. The van der Waals surface area contributed by atoms with Gasteiger partial charge in [-0.25, -0.2) is 4.85 Å². The standard InChI is InChI=1S/C50H29N5/c1-52-35-23-25-48-42(29-35)40-15-4-8-19-46(40)53(48)36-12-10-11-32(27-36)33-21-22-34(31-51)50(28-33)55-47-20-9-5-16-41(47)43-30-37(24-26-49(43)55)54-44-17-6-2-13-38(44)39-14-3-7-18-45(39)54/h2-30H. The van der Waals surface area contributed by atoms with E-state index in [1.165, 1.54) is 21.8 Å². The van der Waals surface area contributed by atoms with Crippen LogP contribution in [0.15, 0.2) is 176 Å². The molecule has 3 heterocycles. The van der Waals surface area contributed by atoms with Crippen molar-refractivity contribution in [2.75, 3.05) is 0 Å². The fraction of sp³-hybridized carbons (Fsp3) is 0. The molecular weight excluding hydrogens is 671 g/mol. The second kappa shape index (κ2) is 11.8. The van der Waals surface area contributed by atoms with Gasteiger partial charge in [0.15, 0.2) is 5.69 Å². The minimum Gasteiger partial charge on any atom is -0.309 e. The van der Waals surface area contributed by atoms with Crippen molar-refractivity contribution in [3.05, 3.63) is 193 Å². The van der Waals surface area contributed by atoms with E-state index in [4.69, 9.17) is 6.57 Å². The van der Waals surface area contributed by atoms with Gasteiger partial charge in [-0.1, -0.05) is 97.1 Å². The van der Waals surface area contributed by atoms with Gasteiger partial charge in [0.25, 0.3) is 0 Å². The minimum atomic E-state index is 0.604. The first-order valence-corrected chi connectivity index (χ1v) is 18.3. The maximum atomic E-state index is 10.5. The molecule has 5 nitrogen and oxygen atoms in total. The Bertz CT molecular complexity index is 3420.